The van der Waals surface area contributed by atoms with E-state index in [2.05, 4.69) is 19.2 Å². The van der Waals surface area contributed by atoms with Gasteiger partial charge in [0.1, 0.15) is 5.75 Å². The standard InChI is InChI=1S/C13H19NO3/c1-4-14-9(2)11-5-7-12(8-6-11)17-10(3)13(15)16/h5-10,14H,4H2,1-3H3,(H,15,16). The monoisotopic (exact) mass is 237 g/mol. The lowest BCUT2D eigenvalue weighted by molar-refractivity contribution is -0.144. The molecule has 0 saturated carbocycles. The summed E-state index contributed by atoms with van der Waals surface area (Å²) < 4.78 is 5.25. The van der Waals surface area contributed by atoms with Crippen molar-refractivity contribution in [3.8, 4) is 5.75 Å². The Morgan fingerprint density at radius 3 is 2.41 bits per heavy atom. The number of carboxylic acid groups (broad SMARTS) is 1. The fourth-order valence-corrected chi connectivity index (χ4v) is 1.51. The largest absolute Gasteiger partial charge is 0.479 e. The molecule has 0 radical (unpaired) electrons. The molecule has 0 amide bonds. The Morgan fingerprint density at radius 2 is 1.94 bits per heavy atom. The van der Waals surface area contributed by atoms with Crippen LogP contribution in [-0.2, 0) is 4.79 Å². The molecule has 94 valence electrons. The molecule has 4 nitrogen and oxygen atoms in total. The number of hydrogen-bond donors (Lipinski definition) is 2. The zero-order chi connectivity index (χ0) is 12.8. The molecule has 1 aromatic carbocycles. The van der Waals surface area contributed by atoms with E-state index in [1.54, 1.807) is 12.1 Å². The first-order chi connectivity index (χ1) is 8.04. The molecule has 0 aliphatic heterocycles. The Hall–Kier alpha value is -1.55. The van der Waals surface area contributed by atoms with Gasteiger partial charge in [0.15, 0.2) is 6.10 Å². The molecule has 1 aromatic rings. The van der Waals surface area contributed by atoms with Crippen LogP contribution in [0, 0.1) is 0 Å². The van der Waals surface area contributed by atoms with E-state index in [0.29, 0.717) is 5.75 Å². The van der Waals surface area contributed by atoms with Crippen molar-refractivity contribution in [2.45, 2.75) is 32.9 Å². The molecule has 0 bridgehead atoms. The second-order valence-corrected chi connectivity index (χ2v) is 3.95. The molecule has 0 spiro atoms. The van der Waals surface area contributed by atoms with Crippen LogP contribution in [0.3, 0.4) is 0 Å². The lowest BCUT2D eigenvalue weighted by Crippen LogP contribution is -2.23. The molecule has 0 aromatic heterocycles. The topological polar surface area (TPSA) is 58.6 Å². The molecule has 17 heavy (non-hydrogen) atoms. The van der Waals surface area contributed by atoms with E-state index in [0.717, 1.165) is 12.1 Å². The smallest absolute Gasteiger partial charge is 0.344 e. The lowest BCUT2D eigenvalue weighted by atomic mass is 10.1. The molecule has 0 fully saturated rings. The molecule has 0 heterocycles. The third-order valence-electron chi connectivity index (χ3n) is 2.55. The second kappa shape index (κ2) is 6.25. The molecule has 1 rings (SSSR count). The van der Waals surface area contributed by atoms with Crippen molar-refractivity contribution in [3.05, 3.63) is 29.8 Å². The zero-order valence-corrected chi connectivity index (χ0v) is 10.4. The number of carbonyl (C=O) groups is 1. The summed E-state index contributed by atoms with van der Waals surface area (Å²) >= 11 is 0. The number of ether oxygens (including phenoxy) is 1. The highest BCUT2D eigenvalue weighted by molar-refractivity contribution is 5.72. The lowest BCUT2D eigenvalue weighted by Gasteiger charge is -2.14. The van der Waals surface area contributed by atoms with Gasteiger partial charge in [0, 0.05) is 6.04 Å². The Kier molecular flexibility index (Phi) is 4.97. The van der Waals surface area contributed by atoms with Crippen LogP contribution in [0.1, 0.15) is 32.4 Å². The number of hydrogen-bond acceptors (Lipinski definition) is 3. The summed E-state index contributed by atoms with van der Waals surface area (Å²) in [7, 11) is 0. The molecular formula is C13H19NO3. The fraction of sp³-hybridized carbons (Fsp3) is 0.462. The highest BCUT2D eigenvalue weighted by atomic mass is 16.5. The van der Waals surface area contributed by atoms with Gasteiger partial charge in [-0.15, -0.1) is 0 Å². The number of carboxylic acids is 1. The summed E-state index contributed by atoms with van der Waals surface area (Å²) in [4.78, 5) is 10.6. The van der Waals surface area contributed by atoms with Crippen LogP contribution in [0.15, 0.2) is 24.3 Å². The minimum Gasteiger partial charge on any atom is -0.479 e. The summed E-state index contributed by atoms with van der Waals surface area (Å²) in [6.45, 7) is 6.56. The van der Waals surface area contributed by atoms with Gasteiger partial charge in [0.05, 0.1) is 0 Å². The van der Waals surface area contributed by atoms with Gasteiger partial charge >= 0.3 is 5.97 Å². The number of benzene rings is 1. The highest BCUT2D eigenvalue weighted by Crippen LogP contribution is 2.18. The summed E-state index contributed by atoms with van der Waals surface area (Å²) in [5.74, 6) is -0.387. The first-order valence-electron chi connectivity index (χ1n) is 5.77. The number of aliphatic carboxylic acids is 1. The van der Waals surface area contributed by atoms with Gasteiger partial charge in [-0.2, -0.15) is 0 Å². The number of rotatable bonds is 6. The van der Waals surface area contributed by atoms with Crippen molar-refractivity contribution >= 4 is 5.97 Å². The fourth-order valence-electron chi connectivity index (χ4n) is 1.51. The highest BCUT2D eigenvalue weighted by Gasteiger charge is 2.12. The summed E-state index contributed by atoms with van der Waals surface area (Å²) in [5.41, 5.74) is 1.15. The molecule has 2 unspecified atom stereocenters. The molecule has 2 atom stereocenters. The predicted octanol–water partition coefficient (Wildman–Crippen LogP) is 2.21. The molecule has 4 heteroatoms. The van der Waals surface area contributed by atoms with Crippen molar-refractivity contribution in [1.82, 2.24) is 5.32 Å². The van der Waals surface area contributed by atoms with Gasteiger partial charge in [-0.1, -0.05) is 19.1 Å². The van der Waals surface area contributed by atoms with Crippen molar-refractivity contribution in [2.75, 3.05) is 6.54 Å². The van der Waals surface area contributed by atoms with Crippen LogP contribution in [0.25, 0.3) is 0 Å². The molecular weight excluding hydrogens is 218 g/mol. The van der Waals surface area contributed by atoms with Crippen LogP contribution in [0.2, 0.25) is 0 Å². The SMILES string of the molecule is CCNC(C)c1ccc(OC(C)C(=O)O)cc1. The van der Waals surface area contributed by atoms with Gasteiger partial charge in [-0.25, -0.2) is 4.79 Å². The van der Waals surface area contributed by atoms with Gasteiger partial charge in [0.2, 0.25) is 0 Å². The minimum atomic E-state index is -0.963. The van der Waals surface area contributed by atoms with E-state index in [1.165, 1.54) is 6.92 Å². The third-order valence-corrected chi connectivity index (χ3v) is 2.55. The third kappa shape index (κ3) is 4.07. The van der Waals surface area contributed by atoms with Crippen LogP contribution in [0.5, 0.6) is 5.75 Å². The molecule has 2 N–H and O–H groups in total. The summed E-state index contributed by atoms with van der Waals surface area (Å²) in [6, 6.07) is 7.76. The van der Waals surface area contributed by atoms with Crippen molar-refractivity contribution < 1.29 is 14.6 Å². The Bertz CT molecular complexity index is 361. The van der Waals surface area contributed by atoms with Crippen molar-refractivity contribution in [2.24, 2.45) is 0 Å². The first kappa shape index (κ1) is 13.5. The van der Waals surface area contributed by atoms with E-state index in [4.69, 9.17) is 9.84 Å². The Labute approximate surface area is 102 Å². The average Bonchev–Trinajstić information content (AvgIpc) is 2.30. The summed E-state index contributed by atoms with van der Waals surface area (Å²) in [5, 5.41) is 12.0. The maximum atomic E-state index is 10.6. The molecule has 0 aliphatic rings. The second-order valence-electron chi connectivity index (χ2n) is 3.95. The molecule has 0 saturated heterocycles. The van der Waals surface area contributed by atoms with Crippen molar-refractivity contribution in [3.63, 3.8) is 0 Å². The Balaban J connectivity index is 2.64. The van der Waals surface area contributed by atoms with Crippen LogP contribution >= 0.6 is 0 Å². The van der Waals surface area contributed by atoms with Crippen LogP contribution < -0.4 is 10.1 Å². The Morgan fingerprint density at radius 1 is 1.35 bits per heavy atom. The normalized spacial score (nSPS) is 14.1. The zero-order valence-electron chi connectivity index (χ0n) is 10.4. The van der Waals surface area contributed by atoms with E-state index in [9.17, 15) is 4.79 Å². The van der Waals surface area contributed by atoms with Crippen LogP contribution in [-0.4, -0.2) is 23.7 Å². The van der Waals surface area contributed by atoms with E-state index >= 15 is 0 Å². The molecule has 0 aliphatic carbocycles. The average molecular weight is 237 g/mol. The van der Waals surface area contributed by atoms with E-state index in [1.807, 2.05) is 12.1 Å². The van der Waals surface area contributed by atoms with E-state index < -0.39 is 12.1 Å². The quantitative estimate of drug-likeness (QED) is 0.796. The predicted molar refractivity (Wildman–Crippen MR) is 66.3 cm³/mol. The van der Waals surface area contributed by atoms with Gasteiger partial charge < -0.3 is 15.2 Å². The van der Waals surface area contributed by atoms with Gasteiger partial charge in [-0.05, 0) is 38.1 Å². The van der Waals surface area contributed by atoms with Gasteiger partial charge in [0.25, 0.3) is 0 Å². The maximum Gasteiger partial charge on any atom is 0.344 e. The first-order valence-corrected chi connectivity index (χ1v) is 5.77. The maximum absolute atomic E-state index is 10.6. The summed E-state index contributed by atoms with van der Waals surface area (Å²) in [6.07, 6.45) is -0.827. The van der Waals surface area contributed by atoms with Crippen molar-refractivity contribution in [1.29, 1.82) is 0 Å². The minimum absolute atomic E-state index is 0.283. The van der Waals surface area contributed by atoms with E-state index in [-0.39, 0.29) is 6.04 Å². The van der Waals surface area contributed by atoms with Crippen LogP contribution in [0.4, 0.5) is 0 Å². The van der Waals surface area contributed by atoms with Gasteiger partial charge in [-0.3, -0.25) is 0 Å². The number of nitrogens with one attached hydrogen (secondary N) is 1.